The molecule has 76 heavy (non-hydrogen) atoms. The quantitative estimate of drug-likeness (QED) is 0.114. The van der Waals surface area contributed by atoms with Crippen LogP contribution in [0.5, 0.6) is 11.5 Å². The maximum atomic E-state index is 7.07. The van der Waals surface area contributed by atoms with Gasteiger partial charge in [-0.05, 0) is 115 Å². The van der Waals surface area contributed by atoms with Gasteiger partial charge in [0.15, 0.2) is 0 Å². The molecule has 0 atom stereocenters. The van der Waals surface area contributed by atoms with Crippen LogP contribution < -0.4 is 14.5 Å². The predicted octanol–water partition coefficient (Wildman–Crippen LogP) is 18.8. The monoisotopic (exact) mass is 1170 g/mol. The van der Waals surface area contributed by atoms with Crippen molar-refractivity contribution < 1.29 is 25.8 Å². The number of para-hydroxylation sites is 1. The molecule has 0 fully saturated rings. The van der Waals surface area contributed by atoms with Crippen LogP contribution in [-0.4, -0.2) is 9.55 Å². The Bertz CT molecular complexity index is 3710. The van der Waals surface area contributed by atoms with Gasteiger partial charge in [0.1, 0.15) is 5.82 Å². The van der Waals surface area contributed by atoms with E-state index in [1.54, 1.807) is 0 Å². The molecule has 386 valence electrons. The van der Waals surface area contributed by atoms with Crippen LogP contribution >= 0.6 is 0 Å². The summed E-state index contributed by atoms with van der Waals surface area (Å²) in [6, 6.07) is 73.5. The molecule has 0 radical (unpaired) electrons. The van der Waals surface area contributed by atoms with Gasteiger partial charge in [0.2, 0.25) is 0 Å². The minimum atomic E-state index is -0.399. The second-order valence-electron chi connectivity index (χ2n) is 23.0. The average molecular weight is 1180 g/mol. The van der Waals surface area contributed by atoms with Gasteiger partial charge in [0.05, 0.1) is 0 Å². The van der Waals surface area contributed by atoms with E-state index in [1.165, 1.54) is 44.5 Å². The Hall–Kier alpha value is -7.20. The maximum absolute atomic E-state index is 7.07. The number of pyridine rings is 1. The van der Waals surface area contributed by atoms with E-state index in [2.05, 4.69) is 285 Å². The summed E-state index contributed by atoms with van der Waals surface area (Å²) in [7, 11) is 0. The van der Waals surface area contributed by atoms with Crippen molar-refractivity contribution in [1.29, 1.82) is 0 Å². The molecule has 0 aliphatic carbocycles. The molecule has 0 amide bonds. The van der Waals surface area contributed by atoms with Gasteiger partial charge >= 0.3 is 0 Å². The molecule has 6 heteroatoms. The summed E-state index contributed by atoms with van der Waals surface area (Å²) in [5, 5.41) is 2.22. The van der Waals surface area contributed by atoms with Gasteiger partial charge in [-0.2, -0.15) is 6.07 Å². The predicted molar refractivity (Wildman–Crippen MR) is 314 cm³/mol. The van der Waals surface area contributed by atoms with Crippen LogP contribution in [0.3, 0.4) is 0 Å². The SMILES string of the molecule is CC(C)c1cccc(C(C)C)c1-c1ccc2c(c1)N(c1cccc(C(C)(C)c3ccccc3)c1)[CH-]N2c1[c-]c(Oc2[c-]c3c(cc2)c2ccccc2n3-c2cc(C(C)(C)C)ccn2)cc(C(C)(C)c2ccccc2)c1.[Pt]. The molecule has 10 aromatic rings. The van der Waals surface area contributed by atoms with Crippen LogP contribution in [0.2, 0.25) is 0 Å². The molecular weight excluding hydrogens is 1110 g/mol. The topological polar surface area (TPSA) is 33.5 Å². The van der Waals surface area contributed by atoms with Gasteiger partial charge in [-0.1, -0.05) is 197 Å². The molecule has 0 saturated heterocycles. The van der Waals surface area contributed by atoms with E-state index < -0.39 is 5.41 Å². The van der Waals surface area contributed by atoms with E-state index in [1.807, 2.05) is 12.3 Å². The van der Waals surface area contributed by atoms with Crippen LogP contribution in [-0.2, 0) is 37.3 Å². The molecule has 0 unspecified atom stereocenters. The molecular formula is C70H67N4OPt-3. The largest absolute Gasteiger partial charge is 0.509 e. The summed E-state index contributed by atoms with van der Waals surface area (Å²) in [6.07, 6.45) is 1.92. The van der Waals surface area contributed by atoms with Crippen molar-refractivity contribution in [3.63, 3.8) is 0 Å². The summed E-state index contributed by atoms with van der Waals surface area (Å²) >= 11 is 0. The van der Waals surface area contributed by atoms with Crippen molar-refractivity contribution in [3.8, 4) is 28.4 Å². The molecule has 0 bridgehead atoms. The zero-order valence-electron chi connectivity index (χ0n) is 45.6. The second-order valence-corrected chi connectivity index (χ2v) is 23.0. The van der Waals surface area contributed by atoms with Crippen LogP contribution in [0.15, 0.2) is 188 Å². The smallest absolute Gasteiger partial charge is 0.135 e. The summed E-state index contributed by atoms with van der Waals surface area (Å²) in [6.45, 7) is 27.4. The summed E-state index contributed by atoms with van der Waals surface area (Å²) in [4.78, 5) is 9.60. The van der Waals surface area contributed by atoms with E-state index in [-0.39, 0.29) is 31.9 Å². The first-order chi connectivity index (χ1) is 36.0. The third kappa shape index (κ3) is 9.57. The number of nitrogens with zero attached hydrogens (tertiary/aromatic N) is 4. The van der Waals surface area contributed by atoms with Gasteiger partial charge in [-0.15, -0.1) is 53.6 Å². The molecule has 2 aromatic heterocycles. The third-order valence-corrected chi connectivity index (χ3v) is 15.7. The average Bonchev–Trinajstić information content (AvgIpc) is 4.04. The Morgan fingerprint density at radius 2 is 1.13 bits per heavy atom. The minimum Gasteiger partial charge on any atom is -0.509 e. The fourth-order valence-electron chi connectivity index (χ4n) is 11.1. The summed E-state index contributed by atoms with van der Waals surface area (Å²) in [5.41, 5.74) is 16.6. The number of aromatic nitrogens is 2. The molecule has 0 N–H and O–H groups in total. The Morgan fingerprint density at radius 3 is 1.80 bits per heavy atom. The molecule has 11 rings (SSSR count). The number of hydrogen-bond donors (Lipinski definition) is 0. The zero-order valence-corrected chi connectivity index (χ0v) is 47.9. The standard InChI is InChI=1S/C70H67N4O.Pt/c1-46(2)58-29-21-30-59(47(3)4)67(58)48-32-35-63-65(38-48)72(54-27-20-26-52(39-54)69(8,9)49-22-14-12-15-23-49)45-73(63)55-40-53(70(10,11)50-24-16-13-17-25-50)41-57(43-55)75-56-33-34-61-60-28-18-19-31-62(60)74(64(61)44-56)66-42-51(36-37-71-66)68(5,6)7;/h12-42,45-47H,1-11H3;/q-3;. The van der Waals surface area contributed by atoms with E-state index in [4.69, 9.17) is 9.72 Å². The van der Waals surface area contributed by atoms with Gasteiger partial charge in [0, 0.05) is 66.8 Å². The molecule has 5 nitrogen and oxygen atoms in total. The van der Waals surface area contributed by atoms with Crippen LogP contribution in [0, 0.1) is 18.8 Å². The molecule has 0 spiro atoms. The van der Waals surface area contributed by atoms with Crippen LogP contribution in [0.1, 0.15) is 127 Å². The van der Waals surface area contributed by atoms with Crippen molar-refractivity contribution in [2.45, 2.75) is 104 Å². The summed E-state index contributed by atoms with van der Waals surface area (Å²) < 4.78 is 9.28. The van der Waals surface area contributed by atoms with Gasteiger partial charge < -0.3 is 19.1 Å². The number of hydrogen-bond acceptors (Lipinski definition) is 4. The Kier molecular flexibility index (Phi) is 14.0. The number of fused-ring (bicyclic) bond motifs is 4. The molecule has 0 saturated carbocycles. The fourth-order valence-corrected chi connectivity index (χ4v) is 11.1. The van der Waals surface area contributed by atoms with E-state index in [0.717, 1.165) is 55.9 Å². The van der Waals surface area contributed by atoms with Crippen LogP contribution in [0.4, 0.5) is 22.7 Å². The van der Waals surface area contributed by atoms with E-state index in [0.29, 0.717) is 23.3 Å². The molecule has 8 aromatic carbocycles. The van der Waals surface area contributed by atoms with Crippen molar-refractivity contribution in [3.05, 3.63) is 246 Å². The van der Waals surface area contributed by atoms with Gasteiger partial charge in [0.25, 0.3) is 0 Å². The first kappa shape index (κ1) is 52.2. The Balaban J connectivity index is 0.00000657. The zero-order chi connectivity index (χ0) is 52.4. The van der Waals surface area contributed by atoms with E-state index in [9.17, 15) is 0 Å². The van der Waals surface area contributed by atoms with Crippen molar-refractivity contribution in [2.75, 3.05) is 9.80 Å². The number of anilines is 4. The van der Waals surface area contributed by atoms with Crippen LogP contribution in [0.25, 0.3) is 38.8 Å². The first-order valence-electron chi connectivity index (χ1n) is 26.6. The normalized spacial score (nSPS) is 13.0. The maximum Gasteiger partial charge on any atom is 0.135 e. The number of benzene rings is 8. The van der Waals surface area contributed by atoms with Gasteiger partial charge in [-0.3, -0.25) is 0 Å². The first-order valence-corrected chi connectivity index (χ1v) is 26.6. The Morgan fingerprint density at radius 1 is 0.500 bits per heavy atom. The number of rotatable bonds is 12. The summed E-state index contributed by atoms with van der Waals surface area (Å²) in [5.74, 6) is 2.74. The molecule has 1 aliphatic heterocycles. The fraction of sp³-hybridized carbons (Fsp3) is 0.229. The van der Waals surface area contributed by atoms with Crippen molar-refractivity contribution in [2.24, 2.45) is 0 Å². The Labute approximate surface area is 465 Å². The second kappa shape index (κ2) is 20.4. The van der Waals surface area contributed by atoms with E-state index >= 15 is 0 Å². The molecule has 3 heterocycles. The third-order valence-electron chi connectivity index (χ3n) is 15.7. The van der Waals surface area contributed by atoms with Crippen molar-refractivity contribution >= 4 is 44.6 Å². The minimum absolute atomic E-state index is 0. The molecule has 1 aliphatic rings. The number of ether oxygens (including phenoxy) is 1. The van der Waals surface area contributed by atoms with Gasteiger partial charge in [-0.25, -0.2) is 4.98 Å². The van der Waals surface area contributed by atoms with Crippen molar-refractivity contribution in [1.82, 2.24) is 9.55 Å².